The van der Waals surface area contributed by atoms with Crippen LogP contribution >= 0.6 is 11.8 Å². The van der Waals surface area contributed by atoms with Crippen LogP contribution in [-0.4, -0.2) is 21.6 Å². The van der Waals surface area contributed by atoms with E-state index in [9.17, 15) is 10.1 Å². The van der Waals surface area contributed by atoms with Crippen molar-refractivity contribution in [2.75, 3.05) is 7.11 Å². The van der Waals surface area contributed by atoms with E-state index in [4.69, 9.17) is 4.74 Å². The van der Waals surface area contributed by atoms with Gasteiger partial charge in [0.25, 0.3) is 5.69 Å². The molecule has 0 aliphatic heterocycles. The Kier molecular flexibility index (Phi) is 5.04. The standard InChI is InChI=1S/C18H17N3O3S/c1-20-17(14-5-9-16(24-2)10-6-14)11-19-18(20)25-12-13-3-7-15(8-4-13)21(22)23/h3-11H,12H2,1-2H3. The summed E-state index contributed by atoms with van der Waals surface area (Å²) in [5.74, 6) is 1.52. The second-order valence-electron chi connectivity index (χ2n) is 5.43. The van der Waals surface area contributed by atoms with Crippen molar-refractivity contribution < 1.29 is 9.66 Å². The monoisotopic (exact) mass is 355 g/mol. The van der Waals surface area contributed by atoms with Crippen molar-refractivity contribution in [1.29, 1.82) is 0 Å². The van der Waals surface area contributed by atoms with Gasteiger partial charge in [0.15, 0.2) is 5.16 Å². The summed E-state index contributed by atoms with van der Waals surface area (Å²) in [6.07, 6.45) is 1.85. The Balaban J connectivity index is 1.71. The summed E-state index contributed by atoms with van der Waals surface area (Å²) in [5.41, 5.74) is 3.21. The smallest absolute Gasteiger partial charge is 0.269 e. The van der Waals surface area contributed by atoms with E-state index < -0.39 is 4.92 Å². The van der Waals surface area contributed by atoms with Crippen LogP contribution in [0.4, 0.5) is 5.69 Å². The van der Waals surface area contributed by atoms with Crippen molar-refractivity contribution in [3.63, 3.8) is 0 Å². The summed E-state index contributed by atoms with van der Waals surface area (Å²) in [5, 5.41) is 11.6. The highest BCUT2D eigenvalue weighted by molar-refractivity contribution is 7.98. The molecular formula is C18H17N3O3S. The Morgan fingerprint density at radius 1 is 1.16 bits per heavy atom. The van der Waals surface area contributed by atoms with E-state index in [1.54, 1.807) is 31.0 Å². The number of aromatic nitrogens is 2. The molecule has 25 heavy (non-hydrogen) atoms. The molecule has 0 aliphatic rings. The Hall–Kier alpha value is -2.80. The fourth-order valence-electron chi connectivity index (χ4n) is 2.42. The first-order valence-electron chi connectivity index (χ1n) is 7.61. The molecule has 1 heterocycles. The first-order chi connectivity index (χ1) is 12.1. The van der Waals surface area contributed by atoms with E-state index in [0.717, 1.165) is 27.7 Å². The lowest BCUT2D eigenvalue weighted by Gasteiger charge is -2.07. The zero-order chi connectivity index (χ0) is 17.8. The lowest BCUT2D eigenvalue weighted by molar-refractivity contribution is -0.384. The van der Waals surface area contributed by atoms with Gasteiger partial charge in [0.1, 0.15) is 5.75 Å². The molecule has 0 atom stereocenters. The van der Waals surface area contributed by atoms with Gasteiger partial charge in [0.05, 0.1) is 23.9 Å². The highest BCUT2D eigenvalue weighted by Gasteiger charge is 2.10. The third-order valence-corrected chi connectivity index (χ3v) is 4.96. The molecule has 3 aromatic rings. The topological polar surface area (TPSA) is 70.2 Å². The van der Waals surface area contributed by atoms with Crippen molar-refractivity contribution in [3.8, 4) is 17.0 Å². The molecule has 1 aromatic heterocycles. The second-order valence-corrected chi connectivity index (χ2v) is 6.37. The maximum Gasteiger partial charge on any atom is 0.269 e. The van der Waals surface area contributed by atoms with Crippen LogP contribution in [0.3, 0.4) is 0 Å². The van der Waals surface area contributed by atoms with Crippen molar-refractivity contribution in [3.05, 3.63) is 70.4 Å². The van der Waals surface area contributed by atoms with Gasteiger partial charge in [0.2, 0.25) is 0 Å². The fourth-order valence-corrected chi connectivity index (χ4v) is 3.33. The number of methoxy groups -OCH3 is 1. The summed E-state index contributed by atoms with van der Waals surface area (Å²) >= 11 is 1.59. The second kappa shape index (κ2) is 7.40. The first-order valence-corrected chi connectivity index (χ1v) is 8.59. The third-order valence-electron chi connectivity index (χ3n) is 3.85. The average Bonchev–Trinajstić information content (AvgIpc) is 3.01. The number of nitro groups is 1. The van der Waals surface area contributed by atoms with Gasteiger partial charge in [-0.05, 0) is 29.8 Å². The van der Waals surface area contributed by atoms with Gasteiger partial charge in [0, 0.05) is 30.5 Å². The van der Waals surface area contributed by atoms with Gasteiger partial charge >= 0.3 is 0 Å². The quantitative estimate of drug-likeness (QED) is 0.375. The largest absolute Gasteiger partial charge is 0.497 e. The predicted molar refractivity (Wildman–Crippen MR) is 97.9 cm³/mol. The van der Waals surface area contributed by atoms with Gasteiger partial charge in [-0.15, -0.1) is 0 Å². The number of hydrogen-bond donors (Lipinski definition) is 0. The summed E-state index contributed by atoms with van der Waals surface area (Å²) in [7, 11) is 3.62. The number of rotatable bonds is 6. The van der Waals surface area contributed by atoms with Crippen LogP contribution in [0.15, 0.2) is 59.9 Å². The molecule has 0 saturated carbocycles. The Labute approximate surface area is 149 Å². The molecule has 2 aromatic carbocycles. The number of benzene rings is 2. The molecule has 3 rings (SSSR count). The number of hydrogen-bond acceptors (Lipinski definition) is 5. The molecule has 0 radical (unpaired) electrons. The van der Waals surface area contributed by atoms with E-state index >= 15 is 0 Å². The van der Waals surface area contributed by atoms with E-state index in [0.29, 0.717) is 5.75 Å². The normalized spacial score (nSPS) is 10.6. The van der Waals surface area contributed by atoms with Gasteiger partial charge in [-0.3, -0.25) is 10.1 Å². The molecule has 0 spiro atoms. The number of imidazole rings is 1. The van der Waals surface area contributed by atoms with Gasteiger partial charge < -0.3 is 9.30 Å². The molecule has 0 amide bonds. The zero-order valence-electron chi connectivity index (χ0n) is 13.9. The van der Waals surface area contributed by atoms with Crippen LogP contribution in [0.25, 0.3) is 11.3 Å². The number of non-ortho nitro benzene ring substituents is 1. The van der Waals surface area contributed by atoms with E-state index in [2.05, 4.69) is 4.98 Å². The van der Waals surface area contributed by atoms with Crippen molar-refractivity contribution >= 4 is 17.4 Å². The van der Waals surface area contributed by atoms with Crippen LogP contribution < -0.4 is 4.74 Å². The highest BCUT2D eigenvalue weighted by Crippen LogP contribution is 2.28. The van der Waals surface area contributed by atoms with E-state index in [1.165, 1.54) is 12.1 Å². The van der Waals surface area contributed by atoms with Crippen LogP contribution in [0, 0.1) is 10.1 Å². The van der Waals surface area contributed by atoms with Crippen molar-refractivity contribution in [1.82, 2.24) is 9.55 Å². The van der Waals surface area contributed by atoms with Crippen molar-refractivity contribution in [2.24, 2.45) is 7.05 Å². The lowest BCUT2D eigenvalue weighted by Crippen LogP contribution is -1.95. The van der Waals surface area contributed by atoms with Crippen LogP contribution in [0.1, 0.15) is 5.56 Å². The Bertz CT molecular complexity index is 874. The summed E-state index contributed by atoms with van der Waals surface area (Å²) in [4.78, 5) is 14.8. The SMILES string of the molecule is COc1ccc(-c2cnc(SCc3ccc([N+](=O)[O-])cc3)n2C)cc1. The lowest BCUT2D eigenvalue weighted by atomic mass is 10.1. The molecule has 0 N–H and O–H groups in total. The molecule has 0 unspecified atom stereocenters. The maximum atomic E-state index is 10.7. The summed E-state index contributed by atoms with van der Waals surface area (Å²) < 4.78 is 7.22. The minimum absolute atomic E-state index is 0.104. The molecule has 0 bridgehead atoms. The zero-order valence-corrected chi connectivity index (χ0v) is 14.7. The number of thioether (sulfide) groups is 1. The number of ether oxygens (including phenoxy) is 1. The van der Waals surface area contributed by atoms with Crippen LogP contribution in [0.5, 0.6) is 5.75 Å². The van der Waals surface area contributed by atoms with E-state index in [1.807, 2.05) is 42.1 Å². The van der Waals surface area contributed by atoms with Crippen molar-refractivity contribution in [2.45, 2.75) is 10.9 Å². The van der Waals surface area contributed by atoms with Crippen LogP contribution in [-0.2, 0) is 12.8 Å². The Morgan fingerprint density at radius 3 is 2.44 bits per heavy atom. The van der Waals surface area contributed by atoms with Crippen LogP contribution in [0.2, 0.25) is 0 Å². The maximum absolute atomic E-state index is 10.7. The summed E-state index contributed by atoms with van der Waals surface area (Å²) in [6.45, 7) is 0. The summed E-state index contributed by atoms with van der Waals surface area (Å²) in [6, 6.07) is 14.4. The molecule has 6 nitrogen and oxygen atoms in total. The predicted octanol–water partition coefficient (Wildman–Crippen LogP) is 4.30. The first kappa shape index (κ1) is 17.0. The number of nitro benzene ring substituents is 1. The highest BCUT2D eigenvalue weighted by atomic mass is 32.2. The Morgan fingerprint density at radius 2 is 1.84 bits per heavy atom. The van der Waals surface area contributed by atoms with Gasteiger partial charge in [-0.1, -0.05) is 23.9 Å². The molecule has 0 fully saturated rings. The average molecular weight is 355 g/mol. The molecule has 0 aliphatic carbocycles. The third kappa shape index (κ3) is 3.83. The van der Waals surface area contributed by atoms with E-state index in [-0.39, 0.29) is 5.69 Å². The molecule has 0 saturated heterocycles. The minimum atomic E-state index is -0.392. The van der Waals surface area contributed by atoms with Gasteiger partial charge in [-0.25, -0.2) is 4.98 Å². The number of nitrogens with zero attached hydrogens (tertiary/aromatic N) is 3. The molecular weight excluding hydrogens is 338 g/mol. The molecule has 7 heteroatoms. The molecule has 128 valence electrons. The fraction of sp³-hybridized carbons (Fsp3) is 0.167. The van der Waals surface area contributed by atoms with Gasteiger partial charge in [-0.2, -0.15) is 0 Å². The minimum Gasteiger partial charge on any atom is -0.497 e.